The van der Waals surface area contributed by atoms with Crippen molar-refractivity contribution < 1.29 is 4.39 Å². The molecular weight excluding hydrogens is 383 g/mol. The Morgan fingerprint density at radius 1 is 0.933 bits per heavy atom. The molecule has 0 spiro atoms. The van der Waals surface area contributed by atoms with Crippen molar-refractivity contribution in [1.82, 2.24) is 24.8 Å². The molecule has 0 bridgehead atoms. The first-order chi connectivity index (χ1) is 14.7. The standard InChI is InChI=1S/C21H25FN8/c22-17-5-3-16(4-6-17)14-26-21-28-18(25-9-12-30-10-1-2-11-30)13-19(29-21)27-20-15-23-7-8-24-20/h3-8,13,15H,1-2,9-12,14H2,(H3,24,25,26,27,28,29). The quantitative estimate of drug-likeness (QED) is 0.497. The Kier molecular flexibility index (Phi) is 6.61. The van der Waals surface area contributed by atoms with E-state index in [1.807, 2.05) is 6.07 Å². The Bertz CT molecular complexity index is 929. The Hall–Kier alpha value is -3.33. The van der Waals surface area contributed by atoms with E-state index in [-0.39, 0.29) is 5.82 Å². The molecule has 3 aromatic rings. The molecule has 9 heteroatoms. The number of nitrogens with zero attached hydrogens (tertiary/aromatic N) is 5. The van der Waals surface area contributed by atoms with Crippen LogP contribution in [0.3, 0.4) is 0 Å². The van der Waals surface area contributed by atoms with Crippen molar-refractivity contribution in [2.24, 2.45) is 0 Å². The lowest BCUT2D eigenvalue weighted by Gasteiger charge is -2.16. The maximum atomic E-state index is 13.1. The van der Waals surface area contributed by atoms with Gasteiger partial charge < -0.3 is 20.9 Å². The fourth-order valence-corrected chi connectivity index (χ4v) is 3.31. The first-order valence-corrected chi connectivity index (χ1v) is 10.1. The highest BCUT2D eigenvalue weighted by atomic mass is 19.1. The maximum absolute atomic E-state index is 13.1. The zero-order chi connectivity index (χ0) is 20.6. The second-order valence-electron chi connectivity index (χ2n) is 7.13. The van der Waals surface area contributed by atoms with Gasteiger partial charge in [-0.3, -0.25) is 4.98 Å². The van der Waals surface area contributed by atoms with Crippen molar-refractivity contribution in [1.29, 1.82) is 0 Å². The SMILES string of the molecule is Fc1ccc(CNc2nc(NCCN3CCCC3)cc(Nc3cnccn3)n2)cc1. The van der Waals surface area contributed by atoms with Gasteiger partial charge in [-0.05, 0) is 43.6 Å². The first kappa shape index (κ1) is 20.0. The summed E-state index contributed by atoms with van der Waals surface area (Å²) in [5.74, 6) is 2.14. The van der Waals surface area contributed by atoms with Crippen LogP contribution < -0.4 is 16.0 Å². The minimum atomic E-state index is -0.255. The number of likely N-dealkylation sites (tertiary alicyclic amines) is 1. The number of nitrogens with one attached hydrogen (secondary N) is 3. The van der Waals surface area contributed by atoms with E-state index in [2.05, 4.69) is 40.8 Å². The van der Waals surface area contributed by atoms with Gasteiger partial charge in [0.15, 0.2) is 0 Å². The van der Waals surface area contributed by atoms with Gasteiger partial charge in [-0.2, -0.15) is 9.97 Å². The van der Waals surface area contributed by atoms with Gasteiger partial charge in [-0.1, -0.05) is 12.1 Å². The van der Waals surface area contributed by atoms with E-state index in [1.165, 1.54) is 25.0 Å². The lowest BCUT2D eigenvalue weighted by molar-refractivity contribution is 0.352. The predicted molar refractivity (Wildman–Crippen MR) is 115 cm³/mol. The van der Waals surface area contributed by atoms with Gasteiger partial charge >= 0.3 is 0 Å². The molecule has 156 valence electrons. The third-order valence-electron chi connectivity index (χ3n) is 4.84. The average molecular weight is 408 g/mol. The van der Waals surface area contributed by atoms with Crippen molar-refractivity contribution >= 4 is 23.4 Å². The van der Waals surface area contributed by atoms with E-state index >= 15 is 0 Å². The number of aromatic nitrogens is 4. The zero-order valence-electron chi connectivity index (χ0n) is 16.7. The molecule has 0 amide bonds. The summed E-state index contributed by atoms with van der Waals surface area (Å²) in [5.41, 5.74) is 0.941. The van der Waals surface area contributed by atoms with Crippen molar-refractivity contribution in [3.63, 3.8) is 0 Å². The van der Waals surface area contributed by atoms with Gasteiger partial charge in [0, 0.05) is 38.1 Å². The summed E-state index contributed by atoms with van der Waals surface area (Å²) in [4.78, 5) is 19.8. The van der Waals surface area contributed by atoms with Gasteiger partial charge in [0.05, 0.1) is 6.20 Å². The average Bonchev–Trinajstić information content (AvgIpc) is 3.28. The number of anilines is 4. The van der Waals surface area contributed by atoms with Gasteiger partial charge in [-0.15, -0.1) is 0 Å². The largest absolute Gasteiger partial charge is 0.369 e. The monoisotopic (exact) mass is 408 g/mol. The summed E-state index contributed by atoms with van der Waals surface area (Å²) >= 11 is 0. The van der Waals surface area contributed by atoms with Crippen LogP contribution in [0.1, 0.15) is 18.4 Å². The van der Waals surface area contributed by atoms with E-state index in [9.17, 15) is 4.39 Å². The summed E-state index contributed by atoms with van der Waals surface area (Å²) in [7, 11) is 0. The van der Waals surface area contributed by atoms with Gasteiger partial charge in [0.25, 0.3) is 0 Å². The number of benzene rings is 1. The normalized spacial score (nSPS) is 13.9. The van der Waals surface area contributed by atoms with Crippen molar-refractivity contribution in [3.05, 3.63) is 60.3 Å². The van der Waals surface area contributed by atoms with Crippen molar-refractivity contribution in [2.45, 2.75) is 19.4 Å². The minimum Gasteiger partial charge on any atom is -0.369 e. The fourth-order valence-electron chi connectivity index (χ4n) is 3.31. The molecule has 3 N–H and O–H groups in total. The van der Waals surface area contributed by atoms with Crippen LogP contribution in [-0.2, 0) is 6.54 Å². The number of rotatable bonds is 9. The molecule has 4 rings (SSSR count). The highest BCUT2D eigenvalue weighted by Crippen LogP contribution is 2.18. The van der Waals surface area contributed by atoms with Crippen LogP contribution >= 0.6 is 0 Å². The first-order valence-electron chi connectivity index (χ1n) is 10.1. The molecule has 0 saturated carbocycles. The molecule has 2 aromatic heterocycles. The molecule has 1 fully saturated rings. The third-order valence-corrected chi connectivity index (χ3v) is 4.84. The second-order valence-corrected chi connectivity index (χ2v) is 7.13. The number of halogens is 1. The van der Waals surface area contributed by atoms with Crippen LogP contribution in [0, 0.1) is 5.82 Å². The summed E-state index contributed by atoms with van der Waals surface area (Å²) in [6.07, 6.45) is 7.42. The van der Waals surface area contributed by atoms with E-state index in [0.717, 1.165) is 37.6 Å². The summed E-state index contributed by atoms with van der Waals surface area (Å²) in [6, 6.07) is 8.20. The molecule has 0 atom stereocenters. The lowest BCUT2D eigenvalue weighted by Crippen LogP contribution is -2.26. The molecular formula is C21H25FN8. The van der Waals surface area contributed by atoms with Crippen LogP contribution in [0.15, 0.2) is 48.9 Å². The number of hydrogen-bond donors (Lipinski definition) is 3. The summed E-state index contributed by atoms with van der Waals surface area (Å²) in [6.45, 7) is 4.60. The molecule has 1 aliphatic heterocycles. The zero-order valence-corrected chi connectivity index (χ0v) is 16.7. The molecule has 1 aliphatic rings. The van der Waals surface area contributed by atoms with E-state index in [1.54, 1.807) is 30.7 Å². The smallest absolute Gasteiger partial charge is 0.226 e. The van der Waals surface area contributed by atoms with Crippen LogP contribution in [0.4, 0.5) is 27.8 Å². The minimum absolute atomic E-state index is 0.255. The Labute approximate surface area is 175 Å². The molecule has 3 heterocycles. The van der Waals surface area contributed by atoms with Gasteiger partial charge in [0.2, 0.25) is 5.95 Å². The van der Waals surface area contributed by atoms with Crippen LogP contribution in [-0.4, -0.2) is 51.0 Å². The van der Waals surface area contributed by atoms with Gasteiger partial charge in [0.1, 0.15) is 23.3 Å². The molecule has 30 heavy (non-hydrogen) atoms. The second kappa shape index (κ2) is 9.93. The fraction of sp³-hybridized carbons (Fsp3) is 0.333. The lowest BCUT2D eigenvalue weighted by atomic mass is 10.2. The third kappa shape index (κ3) is 5.84. The van der Waals surface area contributed by atoms with Crippen molar-refractivity contribution in [2.75, 3.05) is 42.1 Å². The number of hydrogen-bond acceptors (Lipinski definition) is 8. The van der Waals surface area contributed by atoms with Crippen molar-refractivity contribution in [3.8, 4) is 0 Å². The highest BCUT2D eigenvalue weighted by molar-refractivity contribution is 5.58. The summed E-state index contributed by atoms with van der Waals surface area (Å²) in [5, 5.41) is 9.75. The highest BCUT2D eigenvalue weighted by Gasteiger charge is 2.11. The summed E-state index contributed by atoms with van der Waals surface area (Å²) < 4.78 is 13.1. The maximum Gasteiger partial charge on any atom is 0.226 e. The van der Waals surface area contributed by atoms with E-state index in [4.69, 9.17) is 0 Å². The molecule has 0 unspecified atom stereocenters. The Morgan fingerprint density at radius 3 is 2.50 bits per heavy atom. The molecule has 0 aliphatic carbocycles. The van der Waals surface area contributed by atoms with E-state index in [0.29, 0.717) is 24.1 Å². The molecule has 0 radical (unpaired) electrons. The topological polar surface area (TPSA) is 90.9 Å². The molecule has 1 aromatic carbocycles. The van der Waals surface area contributed by atoms with Crippen LogP contribution in [0.2, 0.25) is 0 Å². The molecule has 1 saturated heterocycles. The van der Waals surface area contributed by atoms with Crippen LogP contribution in [0.25, 0.3) is 0 Å². The van der Waals surface area contributed by atoms with Crippen LogP contribution in [0.5, 0.6) is 0 Å². The predicted octanol–water partition coefficient (Wildman–Crippen LogP) is 3.27. The Morgan fingerprint density at radius 2 is 1.73 bits per heavy atom. The molecule has 8 nitrogen and oxygen atoms in total. The van der Waals surface area contributed by atoms with E-state index < -0.39 is 0 Å². The van der Waals surface area contributed by atoms with Gasteiger partial charge in [-0.25, -0.2) is 9.37 Å². The Balaban J connectivity index is 1.45.